The molecule has 2 saturated heterocycles. The molecule has 0 aromatic carbocycles. The molecule has 0 aliphatic carbocycles. The van der Waals surface area contributed by atoms with E-state index in [0.29, 0.717) is 23.9 Å². The molecule has 2 aliphatic heterocycles. The summed E-state index contributed by atoms with van der Waals surface area (Å²) >= 11 is 0. The van der Waals surface area contributed by atoms with Crippen LogP contribution in [0.1, 0.15) is 20.3 Å². The van der Waals surface area contributed by atoms with E-state index in [1.54, 1.807) is 0 Å². The topological polar surface area (TPSA) is 80.8 Å². The molecule has 2 aliphatic rings. The first-order chi connectivity index (χ1) is 7.78. The molecule has 96 valence electrons. The van der Waals surface area contributed by atoms with Crippen molar-refractivity contribution in [2.45, 2.75) is 25.0 Å². The van der Waals surface area contributed by atoms with Crippen molar-refractivity contribution in [2.24, 2.45) is 5.92 Å². The maximum absolute atomic E-state index is 11.8. The Morgan fingerprint density at radius 1 is 1.53 bits per heavy atom. The van der Waals surface area contributed by atoms with Crippen LogP contribution in [0.2, 0.25) is 0 Å². The van der Waals surface area contributed by atoms with E-state index in [1.165, 1.54) is 13.8 Å². The third kappa shape index (κ3) is 1.68. The van der Waals surface area contributed by atoms with Crippen molar-refractivity contribution in [3.63, 3.8) is 0 Å². The van der Waals surface area contributed by atoms with Gasteiger partial charge in [-0.3, -0.25) is 9.59 Å². The van der Waals surface area contributed by atoms with Crippen LogP contribution in [-0.2, 0) is 24.3 Å². The van der Waals surface area contributed by atoms with Gasteiger partial charge in [0.2, 0.25) is 0 Å². The number of amides is 1. The zero-order chi connectivity index (χ0) is 12.8. The Morgan fingerprint density at radius 2 is 2.18 bits per heavy atom. The second kappa shape index (κ2) is 3.78. The van der Waals surface area contributed by atoms with Gasteiger partial charge < -0.3 is 4.74 Å². The molecule has 0 aromatic rings. The van der Waals surface area contributed by atoms with Gasteiger partial charge in [-0.1, -0.05) is 0 Å². The summed E-state index contributed by atoms with van der Waals surface area (Å²) in [5.74, 6) is -1.03. The van der Waals surface area contributed by atoms with Crippen molar-refractivity contribution in [2.75, 3.05) is 19.8 Å². The number of sulfonamides is 1. The third-order valence-electron chi connectivity index (χ3n) is 3.36. The van der Waals surface area contributed by atoms with Gasteiger partial charge in [-0.15, -0.1) is 0 Å². The van der Waals surface area contributed by atoms with Gasteiger partial charge in [0.05, 0.1) is 13.2 Å². The number of ether oxygens (including phenoxy) is 1. The van der Waals surface area contributed by atoms with Crippen LogP contribution in [0.4, 0.5) is 0 Å². The zero-order valence-electron chi connectivity index (χ0n) is 9.80. The van der Waals surface area contributed by atoms with E-state index in [0.717, 1.165) is 0 Å². The summed E-state index contributed by atoms with van der Waals surface area (Å²) in [5, 5.41) is 0. The second-order valence-corrected chi connectivity index (χ2v) is 7.27. The number of hydrogen-bond acceptors (Lipinski definition) is 5. The van der Waals surface area contributed by atoms with Crippen LogP contribution in [0, 0.1) is 5.92 Å². The smallest absolute Gasteiger partial charge is 0.259 e. The number of carbonyl (C=O) groups is 2. The van der Waals surface area contributed by atoms with Gasteiger partial charge in [0.15, 0.2) is 10.5 Å². The average Bonchev–Trinajstić information content (AvgIpc) is 2.77. The SMILES string of the molecule is CC1(C)C(=O)N(CC(=O)C2CCOC2)S1(=O)=O. The lowest BCUT2D eigenvalue weighted by atomic mass is 10.0. The van der Waals surface area contributed by atoms with Gasteiger partial charge >= 0.3 is 0 Å². The van der Waals surface area contributed by atoms with Crippen LogP contribution < -0.4 is 0 Å². The molecule has 0 spiro atoms. The Hall–Kier alpha value is -0.950. The van der Waals surface area contributed by atoms with E-state index in [1.807, 2.05) is 0 Å². The molecule has 0 N–H and O–H groups in total. The molecule has 2 rings (SSSR count). The van der Waals surface area contributed by atoms with Crippen LogP contribution in [-0.4, -0.2) is 48.9 Å². The molecule has 17 heavy (non-hydrogen) atoms. The molecule has 2 fully saturated rings. The fourth-order valence-electron chi connectivity index (χ4n) is 1.97. The van der Waals surface area contributed by atoms with Gasteiger partial charge in [0.25, 0.3) is 15.9 Å². The summed E-state index contributed by atoms with van der Waals surface area (Å²) in [6, 6.07) is 0. The van der Waals surface area contributed by atoms with E-state index in [2.05, 4.69) is 0 Å². The Kier molecular flexibility index (Phi) is 2.78. The maximum Gasteiger partial charge on any atom is 0.259 e. The predicted octanol–water partition coefficient (Wildman–Crippen LogP) is -0.457. The lowest BCUT2D eigenvalue weighted by Gasteiger charge is -2.42. The van der Waals surface area contributed by atoms with Crippen LogP contribution in [0.5, 0.6) is 0 Å². The Bertz CT molecular complexity index is 461. The van der Waals surface area contributed by atoms with Crippen molar-refractivity contribution < 1.29 is 22.7 Å². The Labute approximate surface area is 100.0 Å². The Balaban J connectivity index is 2.06. The summed E-state index contributed by atoms with van der Waals surface area (Å²) in [6.07, 6.45) is 0.601. The van der Waals surface area contributed by atoms with Crippen molar-refractivity contribution in [3.05, 3.63) is 0 Å². The number of rotatable bonds is 3. The number of hydrogen-bond donors (Lipinski definition) is 0. The monoisotopic (exact) mass is 261 g/mol. The molecule has 1 unspecified atom stereocenters. The molecular formula is C10H15NO5S. The minimum absolute atomic E-state index is 0.241. The molecule has 0 radical (unpaired) electrons. The molecule has 1 amide bonds. The quantitative estimate of drug-likeness (QED) is 0.687. The maximum atomic E-state index is 11.8. The summed E-state index contributed by atoms with van der Waals surface area (Å²) in [7, 11) is -3.65. The van der Waals surface area contributed by atoms with Gasteiger partial charge in [0, 0.05) is 12.5 Å². The molecular weight excluding hydrogens is 246 g/mol. The highest BCUT2D eigenvalue weighted by Crippen LogP contribution is 2.34. The van der Waals surface area contributed by atoms with Crippen molar-refractivity contribution >= 4 is 21.7 Å². The van der Waals surface area contributed by atoms with E-state index >= 15 is 0 Å². The van der Waals surface area contributed by atoms with Crippen molar-refractivity contribution in [3.8, 4) is 0 Å². The first-order valence-corrected chi connectivity index (χ1v) is 6.89. The number of Topliss-reactive ketones (excluding diaryl/α,β-unsaturated/α-hetero) is 1. The molecule has 6 nitrogen and oxygen atoms in total. The Morgan fingerprint density at radius 3 is 2.65 bits per heavy atom. The number of carbonyl (C=O) groups excluding carboxylic acids is 2. The fraction of sp³-hybridized carbons (Fsp3) is 0.800. The lowest BCUT2D eigenvalue weighted by molar-refractivity contribution is -0.136. The first kappa shape index (κ1) is 12.5. The number of nitrogens with zero attached hydrogens (tertiary/aromatic N) is 1. The molecule has 0 bridgehead atoms. The molecule has 0 aromatic heterocycles. The minimum atomic E-state index is -3.65. The summed E-state index contributed by atoms with van der Waals surface area (Å²) in [5.41, 5.74) is 0. The molecule has 7 heteroatoms. The highest BCUT2D eigenvalue weighted by molar-refractivity contribution is 7.94. The van der Waals surface area contributed by atoms with Crippen molar-refractivity contribution in [1.29, 1.82) is 0 Å². The van der Waals surface area contributed by atoms with Crippen LogP contribution in [0.15, 0.2) is 0 Å². The van der Waals surface area contributed by atoms with Crippen LogP contribution in [0.25, 0.3) is 0 Å². The van der Waals surface area contributed by atoms with E-state index in [9.17, 15) is 18.0 Å². The summed E-state index contributed by atoms with van der Waals surface area (Å²) in [6.45, 7) is 3.19. The predicted molar refractivity (Wildman–Crippen MR) is 58.6 cm³/mol. The highest BCUT2D eigenvalue weighted by Gasteiger charge is 2.60. The normalized spacial score (nSPS) is 30.1. The average molecular weight is 261 g/mol. The molecule has 0 saturated carbocycles. The van der Waals surface area contributed by atoms with E-state index in [-0.39, 0.29) is 18.2 Å². The summed E-state index contributed by atoms with van der Waals surface area (Å²) in [4.78, 5) is 23.4. The fourth-order valence-corrected chi connectivity index (χ4v) is 3.47. The standard InChI is InChI=1S/C10H15NO5S/c1-10(2)9(13)11(17(10,14)15)5-8(12)7-3-4-16-6-7/h7H,3-6H2,1-2H3. The zero-order valence-corrected chi connectivity index (χ0v) is 10.6. The second-order valence-electron chi connectivity index (χ2n) is 4.85. The highest BCUT2D eigenvalue weighted by atomic mass is 32.2. The molecule has 2 heterocycles. The van der Waals surface area contributed by atoms with E-state index in [4.69, 9.17) is 4.74 Å². The van der Waals surface area contributed by atoms with E-state index < -0.39 is 20.7 Å². The first-order valence-electron chi connectivity index (χ1n) is 5.45. The largest absolute Gasteiger partial charge is 0.381 e. The minimum Gasteiger partial charge on any atom is -0.381 e. The van der Waals surface area contributed by atoms with Crippen LogP contribution >= 0.6 is 0 Å². The van der Waals surface area contributed by atoms with Gasteiger partial charge in [-0.25, -0.2) is 12.7 Å². The van der Waals surface area contributed by atoms with Gasteiger partial charge in [-0.2, -0.15) is 0 Å². The number of ketones is 1. The summed E-state index contributed by atoms with van der Waals surface area (Å²) < 4.78 is 27.8. The van der Waals surface area contributed by atoms with Crippen LogP contribution in [0.3, 0.4) is 0 Å². The van der Waals surface area contributed by atoms with Gasteiger partial charge in [-0.05, 0) is 20.3 Å². The molecule has 1 atom stereocenters. The van der Waals surface area contributed by atoms with Gasteiger partial charge in [0.1, 0.15) is 0 Å². The lowest BCUT2D eigenvalue weighted by Crippen LogP contribution is -2.68. The van der Waals surface area contributed by atoms with Crippen molar-refractivity contribution in [1.82, 2.24) is 4.31 Å². The third-order valence-corrected chi connectivity index (χ3v) is 5.70.